The monoisotopic (exact) mass is 519 g/mol. The molecule has 1 aliphatic heterocycles. The van der Waals surface area contributed by atoms with Crippen LogP contribution in [0.1, 0.15) is 78.6 Å². The first-order valence-corrected chi connectivity index (χ1v) is 13.6. The van der Waals surface area contributed by atoms with Crippen LogP contribution in [0.3, 0.4) is 0 Å². The number of esters is 1. The van der Waals surface area contributed by atoms with Crippen molar-refractivity contribution < 1.29 is 14.3 Å². The maximum Gasteiger partial charge on any atom is 0.341 e. The molecule has 2 unspecified atom stereocenters. The second kappa shape index (κ2) is 11.1. The van der Waals surface area contributed by atoms with E-state index >= 15 is 0 Å². The first-order valence-electron chi connectivity index (χ1n) is 12.8. The van der Waals surface area contributed by atoms with Gasteiger partial charge >= 0.3 is 5.97 Å². The highest BCUT2D eigenvalue weighted by Gasteiger charge is 2.38. The number of ether oxygens (including phenoxy) is 1. The van der Waals surface area contributed by atoms with Crippen LogP contribution in [0.4, 0.5) is 5.00 Å². The Kier molecular flexibility index (Phi) is 8.05. The Balaban J connectivity index is 1.73. The van der Waals surface area contributed by atoms with Crippen LogP contribution in [0, 0.1) is 0 Å². The number of nitrogens with two attached hydrogens (primary N) is 1. The summed E-state index contributed by atoms with van der Waals surface area (Å²) in [5, 5.41) is 0.482. The molecule has 2 aromatic carbocycles. The summed E-state index contributed by atoms with van der Waals surface area (Å²) in [4.78, 5) is 31.4. The minimum atomic E-state index is -0.610. The zero-order valence-corrected chi connectivity index (χ0v) is 23.2. The maximum absolute atomic E-state index is 13.2. The number of thiophene rings is 1. The topological polar surface area (TPSA) is 75.9 Å². The molecule has 1 amide bonds. The number of nitrogens with zero attached hydrogens (tertiary/aromatic N) is 2. The van der Waals surface area contributed by atoms with Gasteiger partial charge in [-0.05, 0) is 50.8 Å². The highest BCUT2D eigenvalue weighted by molar-refractivity contribution is 7.16. The van der Waals surface area contributed by atoms with Gasteiger partial charge in [-0.2, -0.15) is 0 Å². The fraction of sp³-hybridized carbons (Fsp3) is 0.400. The molecular formula is C30H37N3O3S. The molecule has 4 rings (SSSR count). The predicted octanol–water partition coefficient (Wildman–Crippen LogP) is 5.99. The van der Waals surface area contributed by atoms with Gasteiger partial charge in [-0.1, -0.05) is 60.7 Å². The van der Waals surface area contributed by atoms with Crippen molar-refractivity contribution in [2.75, 3.05) is 18.8 Å². The molecule has 0 fully saturated rings. The summed E-state index contributed by atoms with van der Waals surface area (Å²) >= 11 is 1.45. The second-order valence-corrected chi connectivity index (χ2v) is 11.7. The van der Waals surface area contributed by atoms with Gasteiger partial charge < -0.3 is 15.4 Å². The van der Waals surface area contributed by atoms with E-state index in [1.165, 1.54) is 16.9 Å². The van der Waals surface area contributed by atoms with Crippen molar-refractivity contribution in [2.45, 2.75) is 65.3 Å². The largest absolute Gasteiger partial charge is 0.456 e. The molecule has 3 aromatic rings. The molecule has 0 saturated heterocycles. The number of nitrogen functional groups attached to an aromatic ring is 1. The van der Waals surface area contributed by atoms with Crippen LogP contribution in [-0.4, -0.2) is 40.4 Å². The molecule has 1 aromatic heterocycles. The van der Waals surface area contributed by atoms with E-state index in [1.807, 2.05) is 62.1 Å². The van der Waals surface area contributed by atoms with Gasteiger partial charge in [-0.15, -0.1) is 11.3 Å². The van der Waals surface area contributed by atoms with Crippen LogP contribution in [-0.2, 0) is 22.5 Å². The molecule has 0 radical (unpaired) electrons. The number of benzene rings is 2. The van der Waals surface area contributed by atoms with Crippen LogP contribution < -0.4 is 5.73 Å². The average molecular weight is 520 g/mol. The standard InChI is InChI=1S/C30H37N3O3S/c1-20(23-14-10-7-11-15-23)33-17-16-24-26(29(35)36-30(3,4)5)28(31)37-27(24)25(33)19-32(21(2)34)18-22-12-8-6-9-13-22/h6-15,20,25H,16-19,31H2,1-5H3. The van der Waals surface area contributed by atoms with E-state index in [0.717, 1.165) is 22.5 Å². The minimum Gasteiger partial charge on any atom is -0.456 e. The normalized spacial score (nSPS) is 16.6. The third kappa shape index (κ3) is 6.22. The number of hydrogen-bond acceptors (Lipinski definition) is 6. The van der Waals surface area contributed by atoms with Crippen LogP contribution in [0.15, 0.2) is 60.7 Å². The van der Waals surface area contributed by atoms with Gasteiger partial charge in [-0.3, -0.25) is 9.69 Å². The van der Waals surface area contributed by atoms with Gasteiger partial charge in [-0.25, -0.2) is 4.79 Å². The molecule has 6 nitrogen and oxygen atoms in total. The zero-order valence-electron chi connectivity index (χ0n) is 22.4. The maximum atomic E-state index is 13.2. The zero-order chi connectivity index (χ0) is 26.7. The molecule has 2 N–H and O–H groups in total. The summed E-state index contributed by atoms with van der Waals surface area (Å²) in [6.07, 6.45) is 0.698. The lowest BCUT2D eigenvalue weighted by Gasteiger charge is -2.42. The third-order valence-electron chi connectivity index (χ3n) is 6.83. The Hall–Kier alpha value is -3.16. The van der Waals surface area contributed by atoms with Crippen LogP contribution in [0.2, 0.25) is 0 Å². The van der Waals surface area contributed by atoms with Gasteiger partial charge in [0.05, 0.1) is 11.6 Å². The predicted molar refractivity (Wildman–Crippen MR) is 149 cm³/mol. The Bertz CT molecular complexity index is 1230. The lowest BCUT2D eigenvalue weighted by atomic mass is 9.93. The van der Waals surface area contributed by atoms with Crippen molar-refractivity contribution in [3.05, 3.63) is 87.8 Å². The molecular weight excluding hydrogens is 482 g/mol. The van der Waals surface area contributed by atoms with E-state index in [4.69, 9.17) is 10.5 Å². The molecule has 0 spiro atoms. The number of rotatable bonds is 7. The van der Waals surface area contributed by atoms with Crippen molar-refractivity contribution in [1.29, 1.82) is 0 Å². The Morgan fingerprint density at radius 3 is 2.32 bits per heavy atom. The molecule has 2 atom stereocenters. The van der Waals surface area contributed by atoms with Crippen LogP contribution >= 0.6 is 11.3 Å². The number of hydrogen-bond donors (Lipinski definition) is 1. The minimum absolute atomic E-state index is 0.0141. The summed E-state index contributed by atoms with van der Waals surface area (Å²) in [7, 11) is 0. The van der Waals surface area contributed by atoms with Gasteiger partial charge in [0.25, 0.3) is 0 Å². The molecule has 0 saturated carbocycles. The number of amides is 1. The van der Waals surface area contributed by atoms with Crippen molar-refractivity contribution in [1.82, 2.24) is 9.80 Å². The van der Waals surface area contributed by atoms with Crippen molar-refractivity contribution in [3.63, 3.8) is 0 Å². The van der Waals surface area contributed by atoms with Gasteiger partial charge in [0.15, 0.2) is 0 Å². The highest BCUT2D eigenvalue weighted by atomic mass is 32.1. The molecule has 7 heteroatoms. The number of carbonyl (C=O) groups is 2. The van der Waals surface area contributed by atoms with Gasteiger partial charge in [0, 0.05) is 37.5 Å². The van der Waals surface area contributed by atoms with Crippen LogP contribution in [0.25, 0.3) is 0 Å². The summed E-state index contributed by atoms with van der Waals surface area (Å²) in [6, 6.07) is 20.5. The molecule has 0 aliphatic carbocycles. The Morgan fingerprint density at radius 1 is 1.11 bits per heavy atom. The number of anilines is 1. The lowest BCUT2D eigenvalue weighted by Crippen LogP contribution is -2.44. The first kappa shape index (κ1) is 26.9. The summed E-state index contributed by atoms with van der Waals surface area (Å²) in [6.45, 7) is 11.2. The van der Waals surface area contributed by atoms with E-state index in [2.05, 4.69) is 36.1 Å². The number of carbonyl (C=O) groups excluding carboxylic acids is 2. The lowest BCUT2D eigenvalue weighted by molar-refractivity contribution is -0.130. The smallest absolute Gasteiger partial charge is 0.341 e. The second-order valence-electron chi connectivity index (χ2n) is 10.7. The Morgan fingerprint density at radius 2 is 1.73 bits per heavy atom. The fourth-order valence-corrected chi connectivity index (χ4v) is 6.23. The molecule has 2 heterocycles. The van der Waals surface area contributed by atoms with Crippen molar-refractivity contribution in [2.24, 2.45) is 0 Å². The van der Waals surface area contributed by atoms with Crippen molar-refractivity contribution in [3.8, 4) is 0 Å². The Labute approximate surface area is 224 Å². The van der Waals surface area contributed by atoms with Crippen molar-refractivity contribution >= 4 is 28.2 Å². The highest BCUT2D eigenvalue weighted by Crippen LogP contribution is 2.45. The van der Waals surface area contributed by atoms with E-state index < -0.39 is 5.60 Å². The summed E-state index contributed by atoms with van der Waals surface area (Å²) in [5.74, 6) is -0.362. The van der Waals surface area contributed by atoms with E-state index in [0.29, 0.717) is 30.1 Å². The third-order valence-corrected chi connectivity index (χ3v) is 7.99. The fourth-order valence-electron chi connectivity index (χ4n) is 5.01. The molecule has 196 valence electrons. The molecule has 1 aliphatic rings. The average Bonchev–Trinajstić information content (AvgIpc) is 3.19. The van der Waals surface area contributed by atoms with Gasteiger partial charge in [0.2, 0.25) is 5.91 Å². The summed E-state index contributed by atoms with van der Waals surface area (Å²) in [5.41, 5.74) is 9.60. The number of fused-ring (bicyclic) bond motifs is 1. The van der Waals surface area contributed by atoms with E-state index in [9.17, 15) is 9.59 Å². The molecule has 0 bridgehead atoms. The summed E-state index contributed by atoms with van der Waals surface area (Å²) < 4.78 is 5.72. The van der Waals surface area contributed by atoms with Crippen LogP contribution in [0.5, 0.6) is 0 Å². The van der Waals surface area contributed by atoms with Gasteiger partial charge in [0.1, 0.15) is 10.6 Å². The van der Waals surface area contributed by atoms with E-state index in [-0.39, 0.29) is 24.0 Å². The SMILES string of the molecule is CC(=O)N(Cc1ccccc1)CC1c2sc(N)c(C(=O)OC(C)(C)C)c2CCN1C(C)c1ccccc1. The quantitative estimate of drug-likeness (QED) is 0.388. The van der Waals surface area contributed by atoms with E-state index in [1.54, 1.807) is 6.92 Å². The first-order chi connectivity index (χ1) is 17.5. The molecule has 37 heavy (non-hydrogen) atoms.